The van der Waals surface area contributed by atoms with E-state index in [2.05, 4.69) is 25.9 Å². The first-order valence-electron chi connectivity index (χ1n) is 5.18. The van der Waals surface area contributed by atoms with E-state index in [0.29, 0.717) is 0 Å². The number of nitro groups is 2. The molecule has 9 nitrogen and oxygen atoms in total. The third-order valence-corrected chi connectivity index (χ3v) is 3.23. The highest BCUT2D eigenvalue weighted by Crippen LogP contribution is 2.38. The van der Waals surface area contributed by atoms with Crippen molar-refractivity contribution in [1.82, 2.24) is 9.97 Å². The predicted octanol–water partition coefficient (Wildman–Crippen LogP) is 3.50. The van der Waals surface area contributed by atoms with Gasteiger partial charge in [-0.3, -0.25) is 20.2 Å². The fourth-order valence-corrected chi connectivity index (χ4v) is 1.98. The van der Waals surface area contributed by atoms with E-state index in [-0.39, 0.29) is 21.2 Å². The van der Waals surface area contributed by atoms with Gasteiger partial charge in [-0.25, -0.2) is 4.98 Å². The summed E-state index contributed by atoms with van der Waals surface area (Å²) in [6, 6.07) is 4.00. The van der Waals surface area contributed by atoms with Gasteiger partial charge in [-0.1, -0.05) is 6.07 Å². The lowest BCUT2D eigenvalue weighted by atomic mass is 10.3. The molecule has 0 aliphatic heterocycles. The second-order valence-electron chi connectivity index (χ2n) is 3.53. The molecule has 0 saturated heterocycles. The van der Waals surface area contributed by atoms with Crippen molar-refractivity contribution >= 4 is 38.9 Å². The lowest BCUT2D eigenvalue weighted by molar-refractivity contribution is -0.386. The molecule has 0 N–H and O–H groups in total. The number of nitrogens with zero attached hydrogens (tertiary/aromatic N) is 4. The Morgan fingerprint density at radius 2 is 1.86 bits per heavy atom. The molecule has 108 valence electrons. The van der Waals surface area contributed by atoms with Crippen LogP contribution in [0, 0.1) is 20.2 Å². The van der Waals surface area contributed by atoms with Gasteiger partial charge in [0.15, 0.2) is 5.75 Å². The van der Waals surface area contributed by atoms with Gasteiger partial charge in [-0.2, -0.15) is 4.98 Å². The molecule has 11 heteroatoms. The maximum absolute atomic E-state index is 10.9. The molecule has 0 atom stereocenters. The highest BCUT2D eigenvalue weighted by Gasteiger charge is 2.22. The zero-order valence-electron chi connectivity index (χ0n) is 9.90. The number of hydrogen-bond donors (Lipinski definition) is 0. The lowest BCUT2D eigenvalue weighted by Gasteiger charge is -2.07. The van der Waals surface area contributed by atoms with Gasteiger partial charge < -0.3 is 4.74 Å². The van der Waals surface area contributed by atoms with E-state index < -0.39 is 21.4 Å². The van der Waals surface area contributed by atoms with Crippen LogP contribution in [-0.4, -0.2) is 19.8 Å². The number of aromatic nitrogens is 2. The lowest BCUT2D eigenvalue weighted by Crippen LogP contribution is -1.99. The molecule has 0 saturated carbocycles. The molecule has 1 heterocycles. The van der Waals surface area contributed by atoms with Gasteiger partial charge in [0, 0.05) is 6.07 Å². The summed E-state index contributed by atoms with van der Waals surface area (Å²) < 4.78 is 5.27. The summed E-state index contributed by atoms with van der Waals surface area (Å²) in [4.78, 5) is 27.4. The Morgan fingerprint density at radius 3 is 2.48 bits per heavy atom. The molecule has 21 heavy (non-hydrogen) atoms. The van der Waals surface area contributed by atoms with Gasteiger partial charge in [0.25, 0.3) is 5.69 Å². The van der Waals surface area contributed by atoms with Crippen molar-refractivity contribution in [3.8, 4) is 11.6 Å². The Labute approximate surface area is 130 Å². The van der Waals surface area contributed by atoms with Gasteiger partial charge in [0.05, 0.1) is 9.85 Å². The van der Waals surface area contributed by atoms with Crippen LogP contribution in [0.4, 0.5) is 11.4 Å². The Bertz CT molecular complexity index is 741. The molecule has 2 aromatic rings. The normalized spacial score (nSPS) is 10.2. The van der Waals surface area contributed by atoms with E-state index in [9.17, 15) is 20.2 Å². The van der Waals surface area contributed by atoms with Crippen molar-refractivity contribution in [3.63, 3.8) is 0 Å². The Morgan fingerprint density at radius 1 is 1.19 bits per heavy atom. The summed E-state index contributed by atoms with van der Waals surface area (Å²) in [5, 5.41) is 21.4. The molecular formula is C10H4BrClN4O5. The average Bonchev–Trinajstić information content (AvgIpc) is 2.40. The maximum Gasteiger partial charge on any atom is 0.349 e. The van der Waals surface area contributed by atoms with Crippen LogP contribution in [0.15, 0.2) is 28.9 Å². The summed E-state index contributed by atoms with van der Waals surface area (Å²) in [5.74, 6) is -0.428. The molecule has 1 aromatic carbocycles. The zero-order chi connectivity index (χ0) is 15.6. The Balaban J connectivity index is 2.48. The SMILES string of the molecule is O=[N+]([O-])c1cnc(Cl)nc1Oc1cccc([N+](=O)[O-])c1Br. The number of benzene rings is 1. The number of hydrogen-bond acceptors (Lipinski definition) is 7. The minimum Gasteiger partial charge on any atom is -0.432 e. The number of ether oxygens (including phenoxy) is 1. The summed E-state index contributed by atoms with van der Waals surface area (Å²) in [5.41, 5.74) is -0.770. The van der Waals surface area contributed by atoms with Gasteiger partial charge >= 0.3 is 11.6 Å². The highest BCUT2D eigenvalue weighted by atomic mass is 79.9. The van der Waals surface area contributed by atoms with E-state index in [1.54, 1.807) is 0 Å². The van der Waals surface area contributed by atoms with Gasteiger partial charge in [-0.05, 0) is 33.6 Å². The van der Waals surface area contributed by atoms with Gasteiger partial charge in [0.2, 0.25) is 5.28 Å². The zero-order valence-corrected chi connectivity index (χ0v) is 12.2. The largest absolute Gasteiger partial charge is 0.432 e. The van der Waals surface area contributed by atoms with Crippen LogP contribution in [-0.2, 0) is 0 Å². The fraction of sp³-hybridized carbons (Fsp3) is 0. The molecule has 1 aromatic heterocycles. The minimum absolute atomic E-state index is 0.0120. The number of nitro benzene ring substituents is 1. The van der Waals surface area contributed by atoms with E-state index in [1.807, 2.05) is 0 Å². The van der Waals surface area contributed by atoms with Crippen LogP contribution in [0.5, 0.6) is 11.6 Å². The predicted molar refractivity (Wildman–Crippen MR) is 74.6 cm³/mol. The standard InChI is InChI=1S/C10H4BrClN4O5/c11-8-5(15(17)18)2-1-3-7(8)21-9-6(16(19)20)4-13-10(12)14-9/h1-4H. The molecule has 0 amide bonds. The molecule has 0 unspecified atom stereocenters. The molecule has 0 aliphatic carbocycles. The molecule has 0 radical (unpaired) electrons. The summed E-state index contributed by atoms with van der Waals surface area (Å²) in [6.45, 7) is 0. The Kier molecular flexibility index (Phi) is 4.29. The van der Waals surface area contributed by atoms with Crippen molar-refractivity contribution in [3.05, 3.63) is 54.4 Å². The minimum atomic E-state index is -0.753. The smallest absolute Gasteiger partial charge is 0.349 e. The third kappa shape index (κ3) is 3.23. The van der Waals surface area contributed by atoms with E-state index in [1.165, 1.54) is 18.2 Å². The van der Waals surface area contributed by atoms with Crippen LogP contribution >= 0.6 is 27.5 Å². The summed E-state index contributed by atoms with van der Waals surface area (Å²) >= 11 is 8.57. The van der Waals surface area contributed by atoms with Crippen LogP contribution in [0.3, 0.4) is 0 Å². The maximum atomic E-state index is 10.9. The van der Waals surface area contributed by atoms with E-state index in [0.717, 1.165) is 6.20 Å². The Hall–Kier alpha value is -2.33. The van der Waals surface area contributed by atoms with Crippen molar-refractivity contribution in [2.45, 2.75) is 0 Å². The molecule has 2 rings (SSSR count). The van der Waals surface area contributed by atoms with Crippen molar-refractivity contribution in [2.24, 2.45) is 0 Å². The molecule has 0 fully saturated rings. The van der Waals surface area contributed by atoms with Crippen molar-refractivity contribution in [1.29, 1.82) is 0 Å². The average molecular weight is 376 g/mol. The second kappa shape index (κ2) is 5.97. The van der Waals surface area contributed by atoms with Gasteiger partial charge in [-0.15, -0.1) is 0 Å². The van der Waals surface area contributed by atoms with Crippen molar-refractivity contribution < 1.29 is 14.6 Å². The quantitative estimate of drug-likeness (QED) is 0.455. The first-order chi connectivity index (χ1) is 9.90. The molecule has 0 aliphatic rings. The van der Waals surface area contributed by atoms with Crippen molar-refractivity contribution in [2.75, 3.05) is 0 Å². The highest BCUT2D eigenvalue weighted by molar-refractivity contribution is 9.10. The fourth-order valence-electron chi connectivity index (χ4n) is 1.36. The second-order valence-corrected chi connectivity index (χ2v) is 4.67. The topological polar surface area (TPSA) is 121 Å². The van der Waals surface area contributed by atoms with Crippen LogP contribution in [0.2, 0.25) is 5.28 Å². The number of halogens is 2. The van der Waals surface area contributed by atoms with Crippen LogP contribution in [0.25, 0.3) is 0 Å². The van der Waals surface area contributed by atoms with Crippen LogP contribution in [0.1, 0.15) is 0 Å². The molecule has 0 bridgehead atoms. The van der Waals surface area contributed by atoms with Crippen LogP contribution < -0.4 is 4.74 Å². The summed E-state index contributed by atoms with van der Waals surface area (Å²) in [7, 11) is 0. The third-order valence-electron chi connectivity index (χ3n) is 2.25. The number of rotatable bonds is 4. The molecular weight excluding hydrogens is 371 g/mol. The monoisotopic (exact) mass is 374 g/mol. The summed E-state index contributed by atoms with van der Waals surface area (Å²) in [6.07, 6.45) is 0.885. The van der Waals surface area contributed by atoms with E-state index in [4.69, 9.17) is 16.3 Å². The first kappa shape index (κ1) is 15.1. The molecule has 0 spiro atoms. The van der Waals surface area contributed by atoms with Gasteiger partial charge in [0.1, 0.15) is 10.7 Å². The first-order valence-corrected chi connectivity index (χ1v) is 6.35. The van der Waals surface area contributed by atoms with E-state index >= 15 is 0 Å².